The van der Waals surface area contributed by atoms with Crippen LogP contribution in [0.4, 0.5) is 0 Å². The number of allylic oxidation sites excluding steroid dienone is 1. The predicted molar refractivity (Wildman–Crippen MR) is 44.7 cm³/mol. The molecule has 0 heterocycles. The smallest absolute Gasteiger partial charge is 0.0131 e. The van der Waals surface area contributed by atoms with Crippen LogP contribution in [-0.2, 0) is 0 Å². The summed E-state index contributed by atoms with van der Waals surface area (Å²) in [4.78, 5) is 0. The van der Waals surface area contributed by atoms with E-state index in [0.29, 0.717) is 0 Å². The van der Waals surface area contributed by atoms with E-state index in [2.05, 4.69) is 25.2 Å². The second-order valence-corrected chi connectivity index (χ2v) is 1.83. The van der Waals surface area contributed by atoms with E-state index >= 15 is 0 Å². The summed E-state index contributed by atoms with van der Waals surface area (Å²) in [6.45, 7) is 7.24. The van der Waals surface area contributed by atoms with Gasteiger partial charge < -0.3 is 5.32 Å². The number of hydrogen-bond acceptors (Lipinski definition) is 1. The van der Waals surface area contributed by atoms with Gasteiger partial charge in [0.1, 0.15) is 0 Å². The predicted octanol–water partition coefficient (Wildman–Crippen LogP) is 2.20. The molecule has 0 rings (SSSR count). The highest BCUT2D eigenvalue weighted by atomic mass is 14.8. The highest BCUT2D eigenvalue weighted by molar-refractivity contribution is 4.77. The van der Waals surface area contributed by atoms with Crippen LogP contribution in [0.1, 0.15) is 27.2 Å². The van der Waals surface area contributed by atoms with E-state index in [-0.39, 0.29) is 0 Å². The van der Waals surface area contributed by atoms with Gasteiger partial charge >= 0.3 is 0 Å². The summed E-state index contributed by atoms with van der Waals surface area (Å²) in [6.07, 6.45) is 5.34. The van der Waals surface area contributed by atoms with Crippen LogP contribution in [0.2, 0.25) is 0 Å². The minimum Gasteiger partial charge on any atom is -0.316 e. The SMILES string of the molecule is C/C=C\CNC.CCC. The van der Waals surface area contributed by atoms with Crippen LogP contribution in [-0.4, -0.2) is 13.6 Å². The van der Waals surface area contributed by atoms with Crippen LogP contribution in [0.3, 0.4) is 0 Å². The lowest BCUT2D eigenvalue weighted by Gasteiger charge is -1.81. The Labute approximate surface area is 59.2 Å². The zero-order valence-electron chi connectivity index (χ0n) is 7.07. The number of hydrogen-bond donors (Lipinski definition) is 1. The average molecular weight is 129 g/mol. The largest absolute Gasteiger partial charge is 0.316 e. The van der Waals surface area contributed by atoms with Gasteiger partial charge in [-0.1, -0.05) is 32.4 Å². The van der Waals surface area contributed by atoms with Gasteiger partial charge in [0.25, 0.3) is 0 Å². The molecule has 0 spiro atoms. The molecular formula is C8H19N. The third-order valence-corrected chi connectivity index (χ3v) is 0.558. The third-order valence-electron chi connectivity index (χ3n) is 0.558. The van der Waals surface area contributed by atoms with E-state index in [1.54, 1.807) is 0 Å². The van der Waals surface area contributed by atoms with Gasteiger partial charge in [0.05, 0.1) is 0 Å². The molecule has 0 aromatic carbocycles. The summed E-state index contributed by atoms with van der Waals surface area (Å²) in [5.41, 5.74) is 0. The molecule has 0 atom stereocenters. The number of nitrogens with one attached hydrogen (secondary N) is 1. The molecule has 0 radical (unpaired) electrons. The minimum atomic E-state index is 0.983. The fraction of sp³-hybridized carbons (Fsp3) is 0.750. The van der Waals surface area contributed by atoms with Gasteiger partial charge in [-0.25, -0.2) is 0 Å². The van der Waals surface area contributed by atoms with E-state index in [9.17, 15) is 0 Å². The van der Waals surface area contributed by atoms with Gasteiger partial charge in [0, 0.05) is 6.54 Å². The van der Waals surface area contributed by atoms with E-state index in [4.69, 9.17) is 0 Å². The molecule has 0 aromatic heterocycles. The molecule has 1 nitrogen and oxygen atoms in total. The lowest BCUT2D eigenvalue weighted by atomic mass is 10.5. The fourth-order valence-electron chi connectivity index (χ4n) is 0.236. The summed E-state index contributed by atoms with van der Waals surface area (Å²) >= 11 is 0. The molecule has 0 amide bonds. The van der Waals surface area contributed by atoms with Crippen LogP contribution >= 0.6 is 0 Å². The highest BCUT2D eigenvalue weighted by Crippen LogP contribution is 1.61. The second kappa shape index (κ2) is 15.6. The molecule has 9 heavy (non-hydrogen) atoms. The van der Waals surface area contributed by atoms with E-state index in [0.717, 1.165) is 6.54 Å². The summed E-state index contributed by atoms with van der Waals surface area (Å²) in [5, 5.41) is 2.98. The lowest BCUT2D eigenvalue weighted by Crippen LogP contribution is -2.03. The quantitative estimate of drug-likeness (QED) is 0.564. The summed E-state index contributed by atoms with van der Waals surface area (Å²) < 4.78 is 0. The Hall–Kier alpha value is -0.300. The molecule has 0 aliphatic carbocycles. The van der Waals surface area contributed by atoms with Gasteiger partial charge in [-0.2, -0.15) is 0 Å². The first kappa shape index (κ1) is 11.5. The van der Waals surface area contributed by atoms with Gasteiger partial charge in [-0.05, 0) is 14.0 Å². The first-order valence-corrected chi connectivity index (χ1v) is 3.59. The fourth-order valence-corrected chi connectivity index (χ4v) is 0.236. The first-order valence-electron chi connectivity index (χ1n) is 3.59. The van der Waals surface area contributed by atoms with E-state index in [1.165, 1.54) is 6.42 Å². The maximum Gasteiger partial charge on any atom is 0.0131 e. The Kier molecular flexibility index (Phi) is 20.0. The molecule has 0 saturated heterocycles. The van der Waals surface area contributed by atoms with Crippen LogP contribution in [0.5, 0.6) is 0 Å². The van der Waals surface area contributed by atoms with Crippen molar-refractivity contribution < 1.29 is 0 Å². The molecule has 56 valence electrons. The van der Waals surface area contributed by atoms with Crippen LogP contribution in [0.15, 0.2) is 12.2 Å². The molecule has 1 N–H and O–H groups in total. The topological polar surface area (TPSA) is 12.0 Å². The summed E-state index contributed by atoms with van der Waals surface area (Å²) in [5.74, 6) is 0. The van der Waals surface area contributed by atoms with Crippen LogP contribution in [0, 0.1) is 0 Å². The van der Waals surface area contributed by atoms with Crippen molar-refractivity contribution in [3.8, 4) is 0 Å². The van der Waals surface area contributed by atoms with E-state index < -0.39 is 0 Å². The molecule has 0 saturated carbocycles. The van der Waals surface area contributed by atoms with Gasteiger partial charge in [0.2, 0.25) is 0 Å². The van der Waals surface area contributed by atoms with Crippen LogP contribution < -0.4 is 5.32 Å². The standard InChI is InChI=1S/C5H11N.C3H8/c1-3-4-5-6-2;1-3-2/h3-4,6H,5H2,1-2H3;3H2,1-2H3/b4-3-;. The molecule has 0 aromatic rings. The van der Waals surface area contributed by atoms with Gasteiger partial charge in [0.15, 0.2) is 0 Å². The average Bonchev–Trinajstić information content (AvgIpc) is 1.86. The Morgan fingerprint density at radius 2 is 1.78 bits per heavy atom. The first-order chi connectivity index (χ1) is 4.33. The van der Waals surface area contributed by atoms with Crippen molar-refractivity contribution in [3.05, 3.63) is 12.2 Å². The summed E-state index contributed by atoms with van der Waals surface area (Å²) in [7, 11) is 1.93. The molecule has 1 heteroatoms. The third kappa shape index (κ3) is 34.3. The molecular weight excluding hydrogens is 110 g/mol. The number of rotatable bonds is 2. The number of likely N-dealkylation sites (N-methyl/N-ethyl adjacent to an activating group) is 1. The zero-order chi connectivity index (χ0) is 7.54. The Morgan fingerprint density at radius 3 is 1.89 bits per heavy atom. The minimum absolute atomic E-state index is 0.983. The van der Waals surface area contributed by atoms with Crippen molar-refractivity contribution in [1.29, 1.82) is 0 Å². The molecule has 0 aliphatic rings. The van der Waals surface area contributed by atoms with Crippen molar-refractivity contribution in [2.75, 3.05) is 13.6 Å². The maximum atomic E-state index is 2.98. The highest BCUT2D eigenvalue weighted by Gasteiger charge is 1.61. The maximum absolute atomic E-state index is 2.98. The Balaban J connectivity index is 0. The molecule has 0 unspecified atom stereocenters. The second-order valence-electron chi connectivity index (χ2n) is 1.83. The van der Waals surface area contributed by atoms with Crippen molar-refractivity contribution in [2.45, 2.75) is 27.2 Å². The van der Waals surface area contributed by atoms with Crippen molar-refractivity contribution >= 4 is 0 Å². The Bertz CT molecular complexity index is 48.5. The van der Waals surface area contributed by atoms with Crippen molar-refractivity contribution in [2.24, 2.45) is 0 Å². The molecule has 0 fully saturated rings. The van der Waals surface area contributed by atoms with Gasteiger partial charge in [-0.15, -0.1) is 0 Å². The normalized spacial score (nSPS) is 8.89. The lowest BCUT2D eigenvalue weighted by molar-refractivity contribution is 0.918. The Morgan fingerprint density at radius 1 is 1.33 bits per heavy atom. The van der Waals surface area contributed by atoms with Crippen molar-refractivity contribution in [3.63, 3.8) is 0 Å². The molecule has 0 bridgehead atoms. The molecule has 0 aliphatic heterocycles. The zero-order valence-corrected chi connectivity index (χ0v) is 7.07. The van der Waals surface area contributed by atoms with Gasteiger partial charge in [-0.3, -0.25) is 0 Å². The monoisotopic (exact) mass is 129 g/mol. The van der Waals surface area contributed by atoms with E-state index in [1.807, 2.05) is 20.0 Å². The van der Waals surface area contributed by atoms with Crippen LogP contribution in [0.25, 0.3) is 0 Å². The summed E-state index contributed by atoms with van der Waals surface area (Å²) in [6, 6.07) is 0. The van der Waals surface area contributed by atoms with Crippen molar-refractivity contribution in [1.82, 2.24) is 5.32 Å².